The fourth-order valence-electron chi connectivity index (χ4n) is 1.40. The van der Waals surface area contributed by atoms with Crippen molar-refractivity contribution in [1.82, 2.24) is 0 Å². The van der Waals surface area contributed by atoms with Crippen molar-refractivity contribution in [3.63, 3.8) is 0 Å². The van der Waals surface area contributed by atoms with Crippen LogP contribution in [0.2, 0.25) is 0 Å². The molecule has 0 bridgehead atoms. The van der Waals surface area contributed by atoms with Crippen LogP contribution < -0.4 is 0 Å². The van der Waals surface area contributed by atoms with Gasteiger partial charge in [-0.3, -0.25) is 0 Å². The molecule has 0 amide bonds. The average molecular weight is 306 g/mol. The maximum absolute atomic E-state index is 11.9. The van der Waals surface area contributed by atoms with E-state index in [-0.39, 0.29) is 5.92 Å². The number of hydrogen-bond acceptors (Lipinski definition) is 6. The van der Waals surface area contributed by atoms with E-state index in [0.29, 0.717) is 5.56 Å². The molecule has 0 saturated carbocycles. The van der Waals surface area contributed by atoms with Crippen molar-refractivity contribution in [2.45, 2.75) is 20.1 Å². The van der Waals surface area contributed by atoms with Gasteiger partial charge in [0.05, 0.1) is 12.7 Å². The number of methoxy groups -OCH3 is 1. The Morgan fingerprint density at radius 1 is 0.955 bits per heavy atom. The molecule has 0 aliphatic heterocycles. The standard InChI is InChI=1S/C16H18O6/c1-11(2)16(21-14(18)10-9-13(17)20-3)22-15(19)12-7-5-4-6-8-12/h4-11,16H,1-3H3. The molecule has 1 unspecified atom stereocenters. The zero-order valence-corrected chi connectivity index (χ0v) is 12.6. The minimum atomic E-state index is -1.05. The zero-order chi connectivity index (χ0) is 16.5. The third-order valence-corrected chi connectivity index (χ3v) is 2.57. The Bertz CT molecular complexity index is 547. The van der Waals surface area contributed by atoms with Crippen molar-refractivity contribution in [3.05, 3.63) is 48.0 Å². The summed E-state index contributed by atoms with van der Waals surface area (Å²) in [7, 11) is 1.19. The molecule has 1 atom stereocenters. The molecule has 0 N–H and O–H groups in total. The summed E-state index contributed by atoms with van der Waals surface area (Å²) in [5, 5.41) is 0. The molecule has 6 heteroatoms. The molecule has 1 rings (SSSR count). The molecular formula is C16H18O6. The average Bonchev–Trinajstić information content (AvgIpc) is 2.52. The predicted molar refractivity (Wildman–Crippen MR) is 77.7 cm³/mol. The van der Waals surface area contributed by atoms with Gasteiger partial charge in [0.2, 0.25) is 6.29 Å². The molecule has 22 heavy (non-hydrogen) atoms. The highest BCUT2D eigenvalue weighted by Crippen LogP contribution is 2.12. The van der Waals surface area contributed by atoms with Crippen LogP contribution in [0, 0.1) is 5.92 Å². The van der Waals surface area contributed by atoms with E-state index < -0.39 is 24.2 Å². The molecule has 0 aliphatic carbocycles. The van der Waals surface area contributed by atoms with Crippen LogP contribution in [0.4, 0.5) is 0 Å². The lowest BCUT2D eigenvalue weighted by Crippen LogP contribution is -2.29. The summed E-state index contributed by atoms with van der Waals surface area (Å²) in [6, 6.07) is 8.36. The summed E-state index contributed by atoms with van der Waals surface area (Å²) in [5.41, 5.74) is 0.356. The highest BCUT2D eigenvalue weighted by molar-refractivity contribution is 5.92. The van der Waals surface area contributed by atoms with Gasteiger partial charge in [-0.15, -0.1) is 0 Å². The van der Waals surface area contributed by atoms with Gasteiger partial charge in [-0.05, 0) is 12.1 Å². The van der Waals surface area contributed by atoms with E-state index in [1.54, 1.807) is 44.2 Å². The van der Waals surface area contributed by atoms with Crippen LogP contribution in [0.15, 0.2) is 42.5 Å². The summed E-state index contributed by atoms with van der Waals surface area (Å²) in [6.07, 6.45) is 0.790. The van der Waals surface area contributed by atoms with E-state index in [9.17, 15) is 14.4 Å². The Morgan fingerprint density at radius 3 is 2.09 bits per heavy atom. The number of ether oxygens (including phenoxy) is 3. The van der Waals surface area contributed by atoms with Crippen LogP contribution in [0.3, 0.4) is 0 Å². The van der Waals surface area contributed by atoms with Crippen LogP contribution in [0.25, 0.3) is 0 Å². The van der Waals surface area contributed by atoms with Gasteiger partial charge in [-0.1, -0.05) is 32.0 Å². The number of carbonyl (C=O) groups is 3. The Morgan fingerprint density at radius 2 is 1.55 bits per heavy atom. The van der Waals surface area contributed by atoms with Crippen molar-refractivity contribution < 1.29 is 28.6 Å². The zero-order valence-electron chi connectivity index (χ0n) is 12.6. The Hall–Kier alpha value is -2.63. The summed E-state index contributed by atoms with van der Waals surface area (Å²) in [5.74, 6) is -2.32. The van der Waals surface area contributed by atoms with E-state index in [1.165, 1.54) is 7.11 Å². The van der Waals surface area contributed by atoms with Gasteiger partial charge in [0, 0.05) is 18.1 Å². The summed E-state index contributed by atoms with van der Waals surface area (Å²) < 4.78 is 14.5. The third-order valence-electron chi connectivity index (χ3n) is 2.57. The Kier molecular flexibility index (Phi) is 6.82. The fourth-order valence-corrected chi connectivity index (χ4v) is 1.40. The molecule has 0 fully saturated rings. The molecule has 1 aromatic carbocycles. The van der Waals surface area contributed by atoms with Crippen LogP contribution in [0.1, 0.15) is 24.2 Å². The quantitative estimate of drug-likeness (QED) is 0.455. The second-order valence-electron chi connectivity index (χ2n) is 4.68. The highest BCUT2D eigenvalue weighted by atomic mass is 16.7. The van der Waals surface area contributed by atoms with Gasteiger partial charge in [-0.2, -0.15) is 0 Å². The second-order valence-corrected chi connectivity index (χ2v) is 4.68. The lowest BCUT2D eigenvalue weighted by Gasteiger charge is -2.20. The fraction of sp³-hybridized carbons (Fsp3) is 0.312. The van der Waals surface area contributed by atoms with Crippen molar-refractivity contribution in [2.75, 3.05) is 7.11 Å². The number of benzene rings is 1. The second kappa shape index (κ2) is 8.61. The van der Waals surface area contributed by atoms with Crippen molar-refractivity contribution >= 4 is 17.9 Å². The topological polar surface area (TPSA) is 78.9 Å². The smallest absolute Gasteiger partial charge is 0.341 e. The molecule has 1 aromatic rings. The first-order valence-electron chi connectivity index (χ1n) is 6.66. The number of esters is 3. The first-order valence-corrected chi connectivity index (χ1v) is 6.66. The first-order chi connectivity index (χ1) is 10.4. The molecule has 0 radical (unpaired) electrons. The first kappa shape index (κ1) is 17.4. The summed E-state index contributed by atoms with van der Waals surface area (Å²) in [6.45, 7) is 3.47. The molecule has 118 valence electrons. The minimum absolute atomic E-state index is 0.247. The number of hydrogen-bond donors (Lipinski definition) is 0. The Balaban J connectivity index is 2.66. The Labute approximate surface area is 128 Å². The molecule has 0 heterocycles. The minimum Gasteiger partial charge on any atom is -0.466 e. The molecule has 0 saturated heterocycles. The van der Waals surface area contributed by atoms with Crippen molar-refractivity contribution in [2.24, 2.45) is 5.92 Å². The van der Waals surface area contributed by atoms with E-state index >= 15 is 0 Å². The molecule has 0 spiro atoms. The third kappa shape index (κ3) is 5.78. The number of carbonyl (C=O) groups excluding carboxylic acids is 3. The number of rotatable bonds is 6. The SMILES string of the molecule is COC(=O)C=CC(=O)OC(OC(=O)c1ccccc1)C(C)C. The normalized spacial score (nSPS) is 12.0. The maximum Gasteiger partial charge on any atom is 0.341 e. The van der Waals surface area contributed by atoms with E-state index in [1.807, 2.05) is 0 Å². The van der Waals surface area contributed by atoms with Gasteiger partial charge >= 0.3 is 17.9 Å². The monoisotopic (exact) mass is 306 g/mol. The van der Waals surface area contributed by atoms with E-state index in [0.717, 1.165) is 12.2 Å². The molecule has 6 nitrogen and oxygen atoms in total. The highest BCUT2D eigenvalue weighted by Gasteiger charge is 2.22. The maximum atomic E-state index is 11.9. The summed E-state index contributed by atoms with van der Waals surface area (Å²) >= 11 is 0. The van der Waals surface area contributed by atoms with Crippen molar-refractivity contribution in [3.8, 4) is 0 Å². The molecule has 0 aliphatic rings. The lowest BCUT2D eigenvalue weighted by atomic mass is 10.2. The predicted octanol–water partition coefficient (Wildman–Crippen LogP) is 2.10. The van der Waals surface area contributed by atoms with Gasteiger partial charge < -0.3 is 14.2 Å². The van der Waals surface area contributed by atoms with Crippen LogP contribution in [-0.2, 0) is 23.8 Å². The molecular weight excluding hydrogens is 288 g/mol. The van der Waals surface area contributed by atoms with Crippen LogP contribution in [0.5, 0.6) is 0 Å². The van der Waals surface area contributed by atoms with Crippen LogP contribution in [-0.4, -0.2) is 31.3 Å². The van der Waals surface area contributed by atoms with E-state index in [4.69, 9.17) is 9.47 Å². The molecule has 0 aromatic heterocycles. The van der Waals surface area contributed by atoms with Crippen molar-refractivity contribution in [1.29, 1.82) is 0 Å². The van der Waals surface area contributed by atoms with Gasteiger partial charge in [0.25, 0.3) is 0 Å². The summed E-state index contributed by atoms with van der Waals surface area (Å²) in [4.78, 5) is 34.4. The van der Waals surface area contributed by atoms with Gasteiger partial charge in [-0.25, -0.2) is 14.4 Å². The largest absolute Gasteiger partial charge is 0.466 e. The van der Waals surface area contributed by atoms with Crippen LogP contribution >= 0.6 is 0 Å². The lowest BCUT2D eigenvalue weighted by molar-refractivity contribution is -0.170. The van der Waals surface area contributed by atoms with Gasteiger partial charge in [0.1, 0.15) is 0 Å². The van der Waals surface area contributed by atoms with E-state index in [2.05, 4.69) is 4.74 Å². The van der Waals surface area contributed by atoms with Gasteiger partial charge in [0.15, 0.2) is 0 Å².